The van der Waals surface area contributed by atoms with Crippen LogP contribution in [0.5, 0.6) is 11.8 Å². The summed E-state index contributed by atoms with van der Waals surface area (Å²) in [5.41, 5.74) is 0.817. The van der Waals surface area contributed by atoms with Crippen molar-refractivity contribution < 1.29 is 9.15 Å². The Morgan fingerprint density at radius 3 is 3.06 bits per heavy atom. The van der Waals surface area contributed by atoms with Gasteiger partial charge in [0.05, 0.1) is 11.9 Å². The molecule has 0 fully saturated rings. The van der Waals surface area contributed by atoms with E-state index in [0.717, 1.165) is 5.69 Å². The zero-order valence-electron chi connectivity index (χ0n) is 9.88. The molecule has 2 heterocycles. The normalized spacial score (nSPS) is 10.8. The molecule has 17 heavy (non-hydrogen) atoms. The van der Waals surface area contributed by atoms with Crippen LogP contribution in [0.15, 0.2) is 35.2 Å². The molecule has 0 aliphatic rings. The van der Waals surface area contributed by atoms with E-state index in [9.17, 15) is 0 Å². The number of nitrogens with zero attached hydrogens (tertiary/aromatic N) is 2. The van der Waals surface area contributed by atoms with Crippen LogP contribution in [-0.2, 0) is 6.54 Å². The smallest absolute Gasteiger partial charge is 0.399 e. The number of pyridine rings is 1. The lowest BCUT2D eigenvalue weighted by Gasteiger charge is -2.03. The summed E-state index contributed by atoms with van der Waals surface area (Å²) in [5, 5.41) is 3.25. The van der Waals surface area contributed by atoms with Crippen LogP contribution >= 0.6 is 0 Å². The zero-order valence-corrected chi connectivity index (χ0v) is 9.88. The number of nitrogens with one attached hydrogen (secondary N) is 1. The first-order chi connectivity index (χ1) is 8.24. The summed E-state index contributed by atoms with van der Waals surface area (Å²) in [5.74, 6) is 0.609. The van der Waals surface area contributed by atoms with Crippen LogP contribution in [0.4, 0.5) is 0 Å². The highest BCUT2D eigenvalue weighted by Crippen LogP contribution is 2.18. The molecule has 1 N–H and O–H groups in total. The van der Waals surface area contributed by atoms with Crippen LogP contribution in [0.3, 0.4) is 0 Å². The van der Waals surface area contributed by atoms with Crippen molar-refractivity contribution in [1.29, 1.82) is 0 Å². The third kappa shape index (κ3) is 3.57. The van der Waals surface area contributed by atoms with Crippen molar-refractivity contribution in [1.82, 2.24) is 15.3 Å². The summed E-state index contributed by atoms with van der Waals surface area (Å²) >= 11 is 0. The fourth-order valence-corrected chi connectivity index (χ4v) is 1.23. The van der Waals surface area contributed by atoms with Crippen molar-refractivity contribution in [2.24, 2.45) is 0 Å². The van der Waals surface area contributed by atoms with Gasteiger partial charge in [0.1, 0.15) is 6.26 Å². The number of hydrogen-bond donors (Lipinski definition) is 1. The van der Waals surface area contributed by atoms with Crippen LogP contribution in [-0.4, -0.2) is 16.0 Å². The average Bonchev–Trinajstić information content (AvgIpc) is 2.75. The molecule has 0 radical (unpaired) electrons. The van der Waals surface area contributed by atoms with E-state index in [4.69, 9.17) is 9.15 Å². The van der Waals surface area contributed by atoms with E-state index < -0.39 is 0 Å². The minimum atomic E-state index is 0.235. The molecule has 0 unspecified atom stereocenters. The van der Waals surface area contributed by atoms with Crippen LogP contribution in [0.25, 0.3) is 0 Å². The Bertz CT molecular complexity index is 454. The van der Waals surface area contributed by atoms with Crippen molar-refractivity contribution in [3.8, 4) is 11.8 Å². The molecular formula is C12H15N3O2. The second-order valence-corrected chi connectivity index (χ2v) is 3.93. The van der Waals surface area contributed by atoms with Gasteiger partial charge >= 0.3 is 6.08 Å². The van der Waals surface area contributed by atoms with Crippen LogP contribution in [0.1, 0.15) is 19.5 Å². The fraction of sp³-hybridized carbons (Fsp3) is 0.333. The lowest BCUT2D eigenvalue weighted by Crippen LogP contribution is -2.21. The molecule has 2 rings (SSSR count). The maximum atomic E-state index is 5.40. The number of oxazole rings is 1. The molecule has 2 aromatic rings. The van der Waals surface area contributed by atoms with Gasteiger partial charge in [-0.3, -0.25) is 4.98 Å². The molecule has 0 spiro atoms. The van der Waals surface area contributed by atoms with Gasteiger partial charge in [-0.1, -0.05) is 13.8 Å². The topological polar surface area (TPSA) is 60.2 Å². The van der Waals surface area contributed by atoms with Crippen molar-refractivity contribution in [2.45, 2.75) is 26.4 Å². The van der Waals surface area contributed by atoms with Gasteiger partial charge in [-0.25, -0.2) is 0 Å². The monoisotopic (exact) mass is 233 g/mol. The molecule has 2 aromatic heterocycles. The lowest BCUT2D eigenvalue weighted by atomic mass is 10.4. The molecule has 0 aliphatic heterocycles. The second kappa shape index (κ2) is 5.45. The Hall–Kier alpha value is -1.88. The quantitative estimate of drug-likeness (QED) is 0.859. The Morgan fingerprint density at radius 1 is 1.47 bits per heavy atom. The third-order valence-electron chi connectivity index (χ3n) is 2.06. The summed E-state index contributed by atoms with van der Waals surface area (Å²) in [6, 6.07) is 4.00. The van der Waals surface area contributed by atoms with Gasteiger partial charge in [-0.05, 0) is 12.1 Å². The summed E-state index contributed by atoms with van der Waals surface area (Å²) in [4.78, 5) is 8.14. The number of aromatic nitrogens is 2. The SMILES string of the molecule is CC(C)NCc1coc(Oc2cccnc2)n1. The lowest BCUT2D eigenvalue weighted by molar-refractivity contribution is 0.330. The molecule has 0 saturated heterocycles. The zero-order chi connectivity index (χ0) is 12.1. The maximum absolute atomic E-state index is 5.40. The predicted molar refractivity (Wildman–Crippen MR) is 62.8 cm³/mol. The molecular weight excluding hydrogens is 218 g/mol. The highest BCUT2D eigenvalue weighted by molar-refractivity contribution is 5.19. The van der Waals surface area contributed by atoms with Gasteiger partial charge in [-0.15, -0.1) is 0 Å². The number of ether oxygens (including phenoxy) is 1. The molecule has 0 amide bonds. The molecule has 0 aromatic carbocycles. The van der Waals surface area contributed by atoms with Crippen LogP contribution < -0.4 is 10.1 Å². The fourth-order valence-electron chi connectivity index (χ4n) is 1.23. The molecule has 0 bridgehead atoms. The first-order valence-electron chi connectivity index (χ1n) is 5.49. The van der Waals surface area contributed by atoms with E-state index in [0.29, 0.717) is 18.3 Å². The summed E-state index contributed by atoms with van der Waals surface area (Å²) in [6.07, 6.45) is 5.11. The van der Waals surface area contributed by atoms with E-state index in [2.05, 4.69) is 29.1 Å². The predicted octanol–water partition coefficient (Wildman–Crippen LogP) is 2.36. The highest BCUT2D eigenvalue weighted by atomic mass is 16.6. The van der Waals surface area contributed by atoms with Gasteiger partial charge in [0, 0.05) is 18.8 Å². The Morgan fingerprint density at radius 2 is 2.35 bits per heavy atom. The van der Waals surface area contributed by atoms with E-state index in [1.54, 1.807) is 30.8 Å². The summed E-state index contributed by atoms with van der Waals surface area (Å²) < 4.78 is 10.6. The first kappa shape index (κ1) is 11.6. The van der Waals surface area contributed by atoms with Gasteiger partial charge in [0.2, 0.25) is 0 Å². The number of hydrogen-bond acceptors (Lipinski definition) is 5. The standard InChI is InChI=1S/C12H15N3O2/c1-9(2)14-6-10-8-16-12(15-10)17-11-4-3-5-13-7-11/h3-5,7-9,14H,6H2,1-2H3. The van der Waals surface area contributed by atoms with Gasteiger partial charge in [-0.2, -0.15) is 4.98 Å². The molecule has 0 atom stereocenters. The maximum Gasteiger partial charge on any atom is 0.399 e. The Labute approximate surface area is 99.8 Å². The molecule has 5 nitrogen and oxygen atoms in total. The van der Waals surface area contributed by atoms with E-state index >= 15 is 0 Å². The largest absolute Gasteiger partial charge is 0.417 e. The Kier molecular flexibility index (Phi) is 3.72. The van der Waals surface area contributed by atoms with Crippen molar-refractivity contribution in [3.05, 3.63) is 36.5 Å². The molecule has 0 aliphatic carbocycles. The third-order valence-corrected chi connectivity index (χ3v) is 2.06. The van der Waals surface area contributed by atoms with Crippen molar-refractivity contribution in [2.75, 3.05) is 0 Å². The second-order valence-electron chi connectivity index (χ2n) is 3.93. The van der Waals surface area contributed by atoms with E-state index in [1.165, 1.54) is 0 Å². The van der Waals surface area contributed by atoms with Gasteiger partial charge < -0.3 is 14.5 Å². The van der Waals surface area contributed by atoms with E-state index in [-0.39, 0.29) is 6.08 Å². The molecule has 0 saturated carbocycles. The molecule has 5 heteroatoms. The summed E-state index contributed by atoms with van der Waals surface area (Å²) in [7, 11) is 0. The van der Waals surface area contributed by atoms with Gasteiger partial charge in [0.25, 0.3) is 0 Å². The Balaban J connectivity index is 1.94. The minimum Gasteiger partial charge on any atom is -0.417 e. The minimum absolute atomic E-state index is 0.235. The average molecular weight is 233 g/mol. The van der Waals surface area contributed by atoms with Crippen molar-refractivity contribution in [3.63, 3.8) is 0 Å². The van der Waals surface area contributed by atoms with Crippen molar-refractivity contribution >= 4 is 0 Å². The number of rotatable bonds is 5. The first-order valence-corrected chi connectivity index (χ1v) is 5.49. The highest BCUT2D eigenvalue weighted by Gasteiger charge is 2.06. The van der Waals surface area contributed by atoms with E-state index in [1.807, 2.05) is 0 Å². The molecule has 90 valence electrons. The van der Waals surface area contributed by atoms with Gasteiger partial charge in [0.15, 0.2) is 5.75 Å². The van der Waals surface area contributed by atoms with Crippen LogP contribution in [0, 0.1) is 0 Å². The van der Waals surface area contributed by atoms with Crippen LogP contribution in [0.2, 0.25) is 0 Å². The summed E-state index contributed by atoms with van der Waals surface area (Å²) in [6.45, 7) is 4.82.